The zero-order valence-corrected chi connectivity index (χ0v) is 12.1. The second-order valence-corrected chi connectivity index (χ2v) is 5.57. The van der Waals surface area contributed by atoms with Crippen molar-refractivity contribution in [2.24, 2.45) is 0 Å². The summed E-state index contributed by atoms with van der Waals surface area (Å²) in [7, 11) is 4.04. The van der Waals surface area contributed by atoms with Crippen LogP contribution in [0.3, 0.4) is 0 Å². The van der Waals surface area contributed by atoms with Crippen molar-refractivity contribution in [2.75, 3.05) is 33.7 Å². The number of aliphatic carboxylic acids is 1. The predicted molar refractivity (Wildman–Crippen MR) is 75.5 cm³/mol. The van der Waals surface area contributed by atoms with Gasteiger partial charge in [0.2, 0.25) is 0 Å². The summed E-state index contributed by atoms with van der Waals surface area (Å²) in [5.74, 6) is -0.361. The van der Waals surface area contributed by atoms with E-state index in [1.165, 1.54) is 0 Å². The maximum absolute atomic E-state index is 10.7. The third-order valence-corrected chi connectivity index (χ3v) is 3.61. The normalized spacial score (nSPS) is 17.6. The molecule has 1 aliphatic heterocycles. The number of hydrogen-bond acceptors (Lipinski definition) is 5. The van der Waals surface area contributed by atoms with Crippen molar-refractivity contribution in [1.82, 2.24) is 19.8 Å². The van der Waals surface area contributed by atoms with E-state index < -0.39 is 5.97 Å². The molecule has 20 heavy (non-hydrogen) atoms. The molecule has 6 nitrogen and oxygen atoms in total. The number of carbonyl (C=O) groups is 1. The largest absolute Gasteiger partial charge is 0.480 e. The summed E-state index contributed by atoms with van der Waals surface area (Å²) in [6.45, 7) is 2.56. The summed E-state index contributed by atoms with van der Waals surface area (Å²) >= 11 is 0. The highest BCUT2D eigenvalue weighted by Gasteiger charge is 2.25. The molecule has 2 rings (SSSR count). The van der Waals surface area contributed by atoms with Gasteiger partial charge in [-0.15, -0.1) is 0 Å². The number of hydrogen-bond donors (Lipinski definition) is 1. The lowest BCUT2D eigenvalue weighted by molar-refractivity contribution is -0.138. The molecule has 0 radical (unpaired) electrons. The number of aromatic nitrogens is 2. The second kappa shape index (κ2) is 6.76. The van der Waals surface area contributed by atoms with E-state index in [4.69, 9.17) is 5.11 Å². The standard InChI is InChI=1S/C14H22N4O2/c1-17(2)9-12-14(16-6-5-15-12)11-3-7-18(8-4-11)10-13(19)20/h5-6,11H,3-4,7-10H2,1-2H3,(H,19,20). The molecule has 1 aromatic heterocycles. The quantitative estimate of drug-likeness (QED) is 0.859. The molecule has 0 aliphatic carbocycles. The van der Waals surface area contributed by atoms with E-state index >= 15 is 0 Å². The smallest absolute Gasteiger partial charge is 0.317 e. The lowest BCUT2D eigenvalue weighted by Crippen LogP contribution is -2.37. The number of piperidine rings is 1. The minimum absolute atomic E-state index is 0.137. The first-order chi connectivity index (χ1) is 9.56. The second-order valence-electron chi connectivity index (χ2n) is 5.57. The van der Waals surface area contributed by atoms with Crippen LogP contribution in [-0.2, 0) is 11.3 Å². The van der Waals surface area contributed by atoms with Gasteiger partial charge in [0.25, 0.3) is 0 Å². The first-order valence-corrected chi connectivity index (χ1v) is 6.95. The summed E-state index contributed by atoms with van der Waals surface area (Å²) < 4.78 is 0. The van der Waals surface area contributed by atoms with Crippen LogP contribution in [0, 0.1) is 0 Å². The maximum Gasteiger partial charge on any atom is 0.317 e. The summed E-state index contributed by atoms with van der Waals surface area (Å²) in [4.78, 5) is 23.8. The predicted octanol–water partition coefficient (Wildman–Crippen LogP) is 0.802. The van der Waals surface area contributed by atoms with Crippen LogP contribution in [0.15, 0.2) is 12.4 Å². The van der Waals surface area contributed by atoms with Gasteiger partial charge >= 0.3 is 5.97 Å². The molecule has 0 bridgehead atoms. The van der Waals surface area contributed by atoms with Crippen LogP contribution >= 0.6 is 0 Å². The zero-order chi connectivity index (χ0) is 14.5. The highest BCUT2D eigenvalue weighted by Crippen LogP contribution is 2.28. The molecule has 0 saturated carbocycles. The Morgan fingerprint density at radius 1 is 1.35 bits per heavy atom. The van der Waals surface area contributed by atoms with Gasteiger partial charge in [-0.2, -0.15) is 0 Å². The Morgan fingerprint density at radius 2 is 2.00 bits per heavy atom. The van der Waals surface area contributed by atoms with Gasteiger partial charge in [-0.05, 0) is 40.0 Å². The minimum atomic E-state index is -0.753. The Balaban J connectivity index is 2.01. The van der Waals surface area contributed by atoms with Crippen LogP contribution in [0.4, 0.5) is 0 Å². The SMILES string of the molecule is CN(C)Cc1nccnc1C1CCN(CC(=O)O)CC1. The van der Waals surface area contributed by atoms with Gasteiger partial charge in [-0.3, -0.25) is 19.7 Å². The minimum Gasteiger partial charge on any atom is -0.480 e. The fourth-order valence-corrected chi connectivity index (χ4v) is 2.70. The Labute approximate surface area is 119 Å². The topological polar surface area (TPSA) is 69.6 Å². The van der Waals surface area contributed by atoms with Crippen molar-refractivity contribution in [3.8, 4) is 0 Å². The van der Waals surface area contributed by atoms with Gasteiger partial charge in [-0.25, -0.2) is 0 Å². The van der Waals surface area contributed by atoms with E-state index in [-0.39, 0.29) is 6.54 Å². The average molecular weight is 278 g/mol. The van der Waals surface area contributed by atoms with E-state index in [1.54, 1.807) is 12.4 Å². The fourth-order valence-electron chi connectivity index (χ4n) is 2.70. The molecule has 0 aromatic carbocycles. The molecule has 0 amide bonds. The van der Waals surface area contributed by atoms with Crippen LogP contribution < -0.4 is 0 Å². The van der Waals surface area contributed by atoms with Crippen molar-refractivity contribution in [3.63, 3.8) is 0 Å². The number of carboxylic acids is 1. The molecule has 0 spiro atoms. The monoisotopic (exact) mass is 278 g/mol. The summed E-state index contributed by atoms with van der Waals surface area (Å²) in [6, 6.07) is 0. The van der Waals surface area contributed by atoms with Crippen molar-refractivity contribution in [3.05, 3.63) is 23.8 Å². The lowest BCUT2D eigenvalue weighted by Gasteiger charge is -2.31. The Kier molecular flexibility index (Phi) is 5.03. The first-order valence-electron chi connectivity index (χ1n) is 6.95. The fraction of sp³-hybridized carbons (Fsp3) is 0.643. The number of likely N-dealkylation sites (tertiary alicyclic amines) is 1. The molecule has 1 aromatic rings. The number of rotatable bonds is 5. The third-order valence-electron chi connectivity index (χ3n) is 3.61. The highest BCUT2D eigenvalue weighted by atomic mass is 16.4. The lowest BCUT2D eigenvalue weighted by atomic mass is 9.92. The number of nitrogens with zero attached hydrogens (tertiary/aromatic N) is 4. The van der Waals surface area contributed by atoms with E-state index in [2.05, 4.69) is 14.9 Å². The molecular formula is C14H22N4O2. The van der Waals surface area contributed by atoms with Crippen LogP contribution in [-0.4, -0.2) is 64.6 Å². The first kappa shape index (κ1) is 14.9. The molecule has 110 valence electrons. The Hall–Kier alpha value is -1.53. The molecule has 1 fully saturated rings. The van der Waals surface area contributed by atoms with Gasteiger partial charge in [0.1, 0.15) is 0 Å². The maximum atomic E-state index is 10.7. The third kappa shape index (κ3) is 3.98. The Bertz CT molecular complexity index is 456. The molecule has 2 heterocycles. The van der Waals surface area contributed by atoms with Crippen molar-refractivity contribution in [2.45, 2.75) is 25.3 Å². The van der Waals surface area contributed by atoms with E-state index in [9.17, 15) is 4.79 Å². The van der Waals surface area contributed by atoms with E-state index in [0.717, 1.165) is 43.9 Å². The molecule has 0 atom stereocenters. The van der Waals surface area contributed by atoms with Gasteiger partial charge in [0.05, 0.1) is 17.9 Å². The van der Waals surface area contributed by atoms with Crippen LogP contribution in [0.2, 0.25) is 0 Å². The molecule has 1 N–H and O–H groups in total. The summed E-state index contributed by atoms with van der Waals surface area (Å²) in [5, 5.41) is 8.82. The van der Waals surface area contributed by atoms with Crippen molar-refractivity contribution < 1.29 is 9.90 Å². The summed E-state index contributed by atoms with van der Waals surface area (Å²) in [6.07, 6.45) is 5.39. The van der Waals surface area contributed by atoms with Gasteiger partial charge in [-0.1, -0.05) is 0 Å². The number of carboxylic acid groups (broad SMARTS) is 1. The van der Waals surface area contributed by atoms with E-state index in [0.29, 0.717) is 5.92 Å². The highest BCUT2D eigenvalue weighted by molar-refractivity contribution is 5.69. The Morgan fingerprint density at radius 3 is 2.60 bits per heavy atom. The van der Waals surface area contributed by atoms with Gasteiger partial charge in [0.15, 0.2) is 0 Å². The average Bonchev–Trinajstić information content (AvgIpc) is 2.39. The molecule has 0 unspecified atom stereocenters. The van der Waals surface area contributed by atoms with Crippen molar-refractivity contribution >= 4 is 5.97 Å². The molecule has 6 heteroatoms. The van der Waals surface area contributed by atoms with Crippen LogP contribution in [0.25, 0.3) is 0 Å². The molecule has 1 aliphatic rings. The van der Waals surface area contributed by atoms with Gasteiger partial charge in [0, 0.05) is 24.9 Å². The van der Waals surface area contributed by atoms with Gasteiger partial charge < -0.3 is 10.0 Å². The van der Waals surface area contributed by atoms with Crippen molar-refractivity contribution in [1.29, 1.82) is 0 Å². The van der Waals surface area contributed by atoms with Crippen LogP contribution in [0.5, 0.6) is 0 Å². The van der Waals surface area contributed by atoms with E-state index in [1.807, 2.05) is 19.0 Å². The van der Waals surface area contributed by atoms with Crippen LogP contribution in [0.1, 0.15) is 30.1 Å². The molecule has 1 saturated heterocycles. The zero-order valence-electron chi connectivity index (χ0n) is 12.1. The molecular weight excluding hydrogens is 256 g/mol. The summed E-state index contributed by atoms with van der Waals surface area (Å²) in [5.41, 5.74) is 2.12.